The van der Waals surface area contributed by atoms with E-state index in [1.165, 1.54) is 12.5 Å². The van der Waals surface area contributed by atoms with E-state index in [0.717, 1.165) is 0 Å². The molecule has 4 aliphatic rings. The van der Waals surface area contributed by atoms with Gasteiger partial charge in [0.15, 0.2) is 19.7 Å². The summed E-state index contributed by atoms with van der Waals surface area (Å²) in [5, 5.41) is 36.2. The van der Waals surface area contributed by atoms with E-state index >= 15 is 4.79 Å². The average molecular weight is 715 g/mol. The number of benzene rings is 1. The molecule has 1 aliphatic heterocycles. The molecule has 3 aliphatic carbocycles. The largest absolute Gasteiger partial charge is 0.455 e. The molecule has 1 heterocycles. The number of hydrogen-bond acceptors (Lipinski definition) is 10. The molecule has 1 unspecified atom stereocenters. The van der Waals surface area contributed by atoms with Crippen molar-refractivity contribution < 1.29 is 48.3 Å². The Kier molecular flexibility index (Phi) is 10.7. The molecule has 278 valence electrons. The first kappa shape index (κ1) is 40.1. The van der Waals surface area contributed by atoms with Gasteiger partial charge in [0, 0.05) is 25.2 Å². The van der Waals surface area contributed by atoms with Crippen LogP contribution in [0.5, 0.6) is 0 Å². The molecular formula is C39H58O10Si. The Morgan fingerprint density at radius 2 is 1.60 bits per heavy atom. The van der Waals surface area contributed by atoms with Crippen LogP contribution in [0.1, 0.15) is 92.4 Å². The molecule has 0 spiro atoms. The smallest absolute Gasteiger partial charge is 0.338 e. The number of aliphatic hydroxyl groups excluding tert-OH is 2. The summed E-state index contributed by atoms with van der Waals surface area (Å²) >= 11 is 0. The number of aliphatic hydroxyl groups is 3. The van der Waals surface area contributed by atoms with Crippen molar-refractivity contribution in [3.63, 3.8) is 0 Å². The second kappa shape index (κ2) is 13.4. The van der Waals surface area contributed by atoms with Crippen LogP contribution in [-0.4, -0.2) is 89.7 Å². The van der Waals surface area contributed by atoms with Crippen LogP contribution in [0, 0.1) is 16.7 Å². The highest BCUT2D eigenvalue weighted by Gasteiger charge is 2.78. The van der Waals surface area contributed by atoms with Crippen molar-refractivity contribution in [1.82, 2.24) is 0 Å². The molecule has 9 atom stereocenters. The van der Waals surface area contributed by atoms with Crippen LogP contribution in [0.2, 0.25) is 18.1 Å². The lowest BCUT2D eigenvalue weighted by molar-refractivity contribution is -0.344. The van der Waals surface area contributed by atoms with Gasteiger partial charge >= 0.3 is 11.9 Å². The third-order valence-corrected chi connectivity index (χ3v) is 16.6. The summed E-state index contributed by atoms with van der Waals surface area (Å²) in [6.07, 6.45) is -6.18. The van der Waals surface area contributed by atoms with Crippen LogP contribution < -0.4 is 0 Å². The van der Waals surface area contributed by atoms with Gasteiger partial charge in [-0.05, 0) is 69.1 Å². The Labute approximate surface area is 298 Å². The highest BCUT2D eigenvalue weighted by atomic mass is 28.4. The molecule has 0 radical (unpaired) electrons. The Hall–Kier alpha value is -2.67. The molecule has 1 aromatic carbocycles. The van der Waals surface area contributed by atoms with Gasteiger partial charge in [0.2, 0.25) is 0 Å². The van der Waals surface area contributed by atoms with Gasteiger partial charge in [0.25, 0.3) is 0 Å². The molecule has 3 fully saturated rings. The number of Topliss-reactive ketones (excluding diaryl/α,β-unsaturated/α-hetero) is 1. The first-order valence-corrected chi connectivity index (χ1v) is 20.4. The van der Waals surface area contributed by atoms with E-state index < -0.39 is 84.5 Å². The first-order chi connectivity index (χ1) is 22.8. The van der Waals surface area contributed by atoms with Gasteiger partial charge in [0.1, 0.15) is 23.9 Å². The topological polar surface area (TPSA) is 149 Å². The number of allylic oxidation sites excluding steroid dienone is 1. The second-order valence-corrected chi connectivity index (χ2v) is 22.0. The van der Waals surface area contributed by atoms with Crippen molar-refractivity contribution in [3.05, 3.63) is 59.2 Å². The normalized spacial score (nSPS) is 36.3. The van der Waals surface area contributed by atoms with Crippen LogP contribution in [0.15, 0.2) is 53.6 Å². The minimum Gasteiger partial charge on any atom is -0.455 e. The zero-order valence-corrected chi connectivity index (χ0v) is 32.9. The van der Waals surface area contributed by atoms with Gasteiger partial charge < -0.3 is 34.0 Å². The molecule has 2 bridgehead atoms. The molecule has 11 heteroatoms. The summed E-state index contributed by atoms with van der Waals surface area (Å²) < 4.78 is 25.6. The van der Waals surface area contributed by atoms with Crippen molar-refractivity contribution in [2.45, 2.75) is 142 Å². The van der Waals surface area contributed by atoms with E-state index in [4.69, 9.17) is 18.6 Å². The summed E-state index contributed by atoms with van der Waals surface area (Å²) in [5.41, 5.74) is -4.62. The van der Waals surface area contributed by atoms with Crippen LogP contribution in [0.25, 0.3) is 0 Å². The van der Waals surface area contributed by atoms with Crippen LogP contribution >= 0.6 is 0 Å². The monoisotopic (exact) mass is 714 g/mol. The fraction of sp³-hybridized carbons (Fsp3) is 0.667. The predicted molar refractivity (Wildman–Crippen MR) is 192 cm³/mol. The lowest BCUT2D eigenvalue weighted by atomic mass is 9.44. The maximum Gasteiger partial charge on any atom is 0.338 e. The molecule has 10 nitrogen and oxygen atoms in total. The molecule has 0 aromatic heterocycles. The fourth-order valence-corrected chi connectivity index (χ4v) is 9.75. The first-order valence-electron chi connectivity index (χ1n) is 17.5. The van der Waals surface area contributed by atoms with E-state index in [0.29, 0.717) is 5.57 Å². The number of ketones is 1. The molecule has 1 saturated heterocycles. The van der Waals surface area contributed by atoms with E-state index in [9.17, 15) is 24.9 Å². The Morgan fingerprint density at radius 3 is 2.08 bits per heavy atom. The Morgan fingerprint density at radius 1 is 1.04 bits per heavy atom. The van der Waals surface area contributed by atoms with Gasteiger partial charge in [0.05, 0.1) is 35.7 Å². The predicted octanol–water partition coefficient (Wildman–Crippen LogP) is 5.69. The van der Waals surface area contributed by atoms with Gasteiger partial charge in [-0.25, -0.2) is 4.79 Å². The van der Waals surface area contributed by atoms with E-state index in [1.807, 2.05) is 13.8 Å². The van der Waals surface area contributed by atoms with E-state index in [-0.39, 0.29) is 35.6 Å². The number of esters is 2. The lowest BCUT2D eigenvalue weighted by Gasteiger charge is -2.68. The van der Waals surface area contributed by atoms with E-state index in [1.54, 1.807) is 58.0 Å². The van der Waals surface area contributed by atoms with E-state index in [2.05, 4.69) is 40.4 Å². The third-order valence-electron chi connectivity index (χ3n) is 12.2. The summed E-state index contributed by atoms with van der Waals surface area (Å²) in [5.74, 6) is -3.22. The van der Waals surface area contributed by atoms with Crippen LogP contribution in [0.3, 0.4) is 0 Å². The summed E-state index contributed by atoms with van der Waals surface area (Å²) in [4.78, 5) is 41.9. The highest BCUT2D eigenvalue weighted by Crippen LogP contribution is 2.65. The van der Waals surface area contributed by atoms with Gasteiger partial charge in [-0.1, -0.05) is 58.4 Å². The highest BCUT2D eigenvalue weighted by molar-refractivity contribution is 6.74. The lowest BCUT2D eigenvalue weighted by Crippen LogP contribution is -2.82. The molecule has 0 amide bonds. The summed E-state index contributed by atoms with van der Waals surface area (Å²) in [6.45, 7) is 25.7. The van der Waals surface area contributed by atoms with Gasteiger partial charge in [-0.3, -0.25) is 9.59 Å². The molecular weight excluding hydrogens is 657 g/mol. The van der Waals surface area contributed by atoms with Gasteiger partial charge in [-0.2, -0.15) is 0 Å². The molecule has 2 saturated carbocycles. The minimum atomic E-state index is -2.61. The Balaban J connectivity index is 0.00000133. The number of fused-ring (bicyclic) bond motifs is 5. The second-order valence-electron chi connectivity index (χ2n) is 17.2. The maximum absolute atomic E-state index is 15.1. The molecule has 5 rings (SSSR count). The average Bonchev–Trinajstić information content (AvgIpc) is 2.98. The number of carbonyl (C=O) groups excluding carboxylic acids is 3. The number of hydrogen-bond donors (Lipinski definition) is 3. The van der Waals surface area contributed by atoms with Crippen molar-refractivity contribution in [3.8, 4) is 0 Å². The van der Waals surface area contributed by atoms with Crippen molar-refractivity contribution in [2.24, 2.45) is 16.7 Å². The SMILES string of the molecule is C=C(C)C.CC(=O)O[C@@]12CO[C@@H]1C[C@H](O[Si](C)(C)C(C)(C)C)[C@@]1(C)C(=O)[C@H](O)C3=C(C)[C@@H](O)C[C@@](O)([C@@H](OC(=O)c4ccccc4)C12)C3(C)C. The van der Waals surface area contributed by atoms with Gasteiger partial charge in [-0.15, -0.1) is 6.58 Å². The molecule has 1 aromatic rings. The third kappa shape index (κ3) is 6.36. The van der Waals surface area contributed by atoms with Crippen molar-refractivity contribution >= 4 is 26.0 Å². The number of ether oxygens (including phenoxy) is 3. The molecule has 3 N–H and O–H groups in total. The number of rotatable bonds is 5. The minimum absolute atomic E-state index is 0.117. The Bertz CT molecular complexity index is 1540. The van der Waals surface area contributed by atoms with Crippen molar-refractivity contribution in [1.29, 1.82) is 0 Å². The quantitative estimate of drug-likeness (QED) is 0.197. The maximum atomic E-state index is 15.1. The standard InChI is InChI=1S/C35H50O10Si.C4H8/c1-19-22(37)17-35(41)29(43-30(40)21-14-12-11-13-15-21)27-33(8,28(39)26(38)25(19)32(35,6)7)23(45-46(9,10)31(3,4)5)16-24-34(27,18-42-24)44-20(2)36;1-4(2)3/h11-15,22-24,26-27,29,37-38,41H,16-18H2,1-10H3;1H2,2-3H3/t22-,23-,24+,26+,27?,29-,33+,34-,35+;/m0./s1. The van der Waals surface area contributed by atoms with Crippen molar-refractivity contribution in [2.75, 3.05) is 6.61 Å². The molecule has 50 heavy (non-hydrogen) atoms. The zero-order valence-electron chi connectivity index (χ0n) is 31.9. The zero-order chi connectivity index (χ0) is 38.0. The number of carbonyl (C=O) groups is 3. The van der Waals surface area contributed by atoms with Crippen LogP contribution in [0.4, 0.5) is 0 Å². The summed E-state index contributed by atoms with van der Waals surface area (Å²) in [6, 6.07) is 8.30. The van der Waals surface area contributed by atoms with Crippen LogP contribution in [-0.2, 0) is 28.2 Å². The fourth-order valence-electron chi connectivity index (χ4n) is 8.34. The summed E-state index contributed by atoms with van der Waals surface area (Å²) in [7, 11) is -2.61.